The average molecular weight is 397 g/mol. The van der Waals surface area contributed by atoms with Crippen molar-refractivity contribution in [3.05, 3.63) is 29.0 Å². The van der Waals surface area contributed by atoms with Gasteiger partial charge in [0, 0.05) is 10.8 Å². The number of pyridine rings is 1. The van der Waals surface area contributed by atoms with Gasteiger partial charge in [-0.2, -0.15) is 0 Å². The van der Waals surface area contributed by atoms with E-state index >= 15 is 0 Å². The number of aromatic nitrogens is 1. The van der Waals surface area contributed by atoms with E-state index in [1.165, 1.54) is 6.07 Å². The number of nitrogens with one attached hydrogen (secondary N) is 1. The van der Waals surface area contributed by atoms with Gasteiger partial charge in [0.15, 0.2) is 11.4 Å². The molecule has 1 heterocycles. The van der Waals surface area contributed by atoms with E-state index in [1.807, 2.05) is 19.2 Å². The van der Waals surface area contributed by atoms with Gasteiger partial charge in [0.2, 0.25) is 0 Å². The van der Waals surface area contributed by atoms with Crippen LogP contribution in [-0.4, -0.2) is 50.3 Å². The normalized spacial score (nSPS) is 12.0. The number of ether oxygens (including phenoxy) is 1. The molecule has 0 radical (unpaired) electrons. The number of aliphatic carboxylic acids is 2. The molecule has 1 amide bonds. The first-order valence-electron chi connectivity index (χ1n) is 7.84. The van der Waals surface area contributed by atoms with Crippen molar-refractivity contribution in [2.75, 3.05) is 0 Å². The zero-order chi connectivity index (χ0) is 20.3. The zero-order valence-corrected chi connectivity index (χ0v) is 15.1. The number of hydrogen-bond acceptors (Lipinski definition) is 6. The monoisotopic (exact) mass is 396 g/mol. The Morgan fingerprint density at radius 1 is 1.22 bits per heavy atom. The summed E-state index contributed by atoms with van der Waals surface area (Å²) in [5, 5.41) is 30.7. The number of amides is 1. The molecule has 0 aliphatic carbocycles. The summed E-state index contributed by atoms with van der Waals surface area (Å²) in [4.78, 5) is 38.0. The fourth-order valence-electron chi connectivity index (χ4n) is 2.34. The molecule has 4 N–H and O–H groups in total. The van der Waals surface area contributed by atoms with E-state index in [-0.39, 0.29) is 16.6 Å². The molecule has 1 atom stereocenters. The Hall–Kier alpha value is -3.07. The lowest BCUT2D eigenvalue weighted by Crippen LogP contribution is -2.42. The van der Waals surface area contributed by atoms with Crippen LogP contribution in [0.2, 0.25) is 5.15 Å². The molecule has 1 aromatic heterocycles. The molecule has 144 valence electrons. The minimum atomic E-state index is -1.69. The molecule has 2 rings (SSSR count). The van der Waals surface area contributed by atoms with E-state index in [2.05, 4.69) is 4.98 Å². The van der Waals surface area contributed by atoms with Gasteiger partial charge in [0.05, 0.1) is 12.5 Å². The summed E-state index contributed by atoms with van der Waals surface area (Å²) in [6.45, 7) is 3.63. The summed E-state index contributed by atoms with van der Waals surface area (Å²) in [5.74, 6) is -4.12. The number of carbonyl (C=O) groups is 3. The van der Waals surface area contributed by atoms with Crippen LogP contribution in [0.15, 0.2) is 18.2 Å². The van der Waals surface area contributed by atoms with Gasteiger partial charge in [0.25, 0.3) is 5.91 Å². The molecule has 0 bridgehead atoms. The molecule has 9 nitrogen and oxygen atoms in total. The van der Waals surface area contributed by atoms with Crippen LogP contribution in [0.5, 0.6) is 11.5 Å². The van der Waals surface area contributed by atoms with Crippen LogP contribution in [0.3, 0.4) is 0 Å². The molecule has 0 fully saturated rings. The molecule has 0 saturated heterocycles. The number of hydrogen-bond donors (Lipinski definition) is 4. The predicted octanol–water partition coefficient (Wildman–Crippen LogP) is 2.04. The lowest BCUT2D eigenvalue weighted by molar-refractivity contribution is -0.145. The highest BCUT2D eigenvalue weighted by atomic mass is 35.5. The number of rotatable bonds is 7. The number of nitrogens with zero attached hydrogens (tertiary/aromatic N) is 1. The summed E-state index contributed by atoms with van der Waals surface area (Å²) >= 11 is 6.07. The highest BCUT2D eigenvalue weighted by Crippen LogP contribution is 2.34. The Balaban J connectivity index is 2.45. The number of benzene rings is 1. The fraction of sp³-hybridized carbons (Fsp3) is 0.294. The smallest absolute Gasteiger partial charge is 0.326 e. The summed E-state index contributed by atoms with van der Waals surface area (Å²) in [5.41, 5.74) is -0.522. The van der Waals surface area contributed by atoms with Crippen LogP contribution < -0.4 is 10.1 Å². The molecule has 2 aromatic rings. The number of carboxylic acids is 2. The molecule has 0 spiro atoms. The van der Waals surface area contributed by atoms with E-state index in [9.17, 15) is 19.5 Å². The summed E-state index contributed by atoms with van der Waals surface area (Å²) in [6.07, 6.45) is -0.966. The second kappa shape index (κ2) is 8.09. The Bertz CT molecular complexity index is 914. The summed E-state index contributed by atoms with van der Waals surface area (Å²) < 4.78 is 5.54. The minimum absolute atomic E-state index is 0.0887. The number of carboxylic acid groups (broad SMARTS) is 2. The van der Waals surface area contributed by atoms with Crippen LogP contribution >= 0.6 is 11.6 Å². The maximum absolute atomic E-state index is 12.3. The second-order valence-corrected chi connectivity index (χ2v) is 6.29. The molecular formula is C17H17ClN2O7. The van der Waals surface area contributed by atoms with Crippen LogP contribution in [0.4, 0.5) is 0 Å². The Morgan fingerprint density at radius 3 is 2.44 bits per heavy atom. The zero-order valence-electron chi connectivity index (χ0n) is 14.4. The largest absolute Gasteiger partial charge is 0.505 e. The van der Waals surface area contributed by atoms with Gasteiger partial charge >= 0.3 is 11.9 Å². The first-order valence-corrected chi connectivity index (χ1v) is 8.22. The molecule has 0 aliphatic rings. The third kappa shape index (κ3) is 4.76. The number of fused-ring (bicyclic) bond motifs is 1. The van der Waals surface area contributed by atoms with Crippen molar-refractivity contribution in [3.63, 3.8) is 0 Å². The van der Waals surface area contributed by atoms with E-state index in [4.69, 9.17) is 26.6 Å². The van der Waals surface area contributed by atoms with Crippen molar-refractivity contribution < 1.29 is 34.4 Å². The van der Waals surface area contributed by atoms with Gasteiger partial charge in [0.1, 0.15) is 16.9 Å². The Labute approximate surface area is 158 Å². The number of halogens is 1. The van der Waals surface area contributed by atoms with Crippen molar-refractivity contribution in [3.8, 4) is 11.5 Å². The van der Waals surface area contributed by atoms with E-state index < -0.39 is 41.8 Å². The highest BCUT2D eigenvalue weighted by molar-refractivity contribution is 6.35. The van der Waals surface area contributed by atoms with Gasteiger partial charge in [-0.1, -0.05) is 11.6 Å². The molecule has 0 aliphatic heterocycles. The molecule has 27 heavy (non-hydrogen) atoms. The standard InChI is InChI=1S/C17H17ClN2O7/c1-7(2)27-8-3-4-9-10(5-8)14(23)13(20-15(9)18)16(24)19-11(17(25)26)6-12(21)22/h3-5,7,11,23H,6H2,1-2H3,(H,19,24)(H,21,22)(H,25,26)/t11-/m0/s1. The van der Waals surface area contributed by atoms with E-state index in [0.717, 1.165) is 0 Å². The number of aromatic hydroxyl groups is 1. The van der Waals surface area contributed by atoms with E-state index in [0.29, 0.717) is 11.1 Å². The fourth-order valence-corrected chi connectivity index (χ4v) is 2.59. The van der Waals surface area contributed by atoms with E-state index in [1.54, 1.807) is 12.1 Å². The van der Waals surface area contributed by atoms with Crippen molar-refractivity contribution in [2.45, 2.75) is 32.4 Å². The van der Waals surface area contributed by atoms with Gasteiger partial charge < -0.3 is 25.4 Å². The maximum Gasteiger partial charge on any atom is 0.326 e. The van der Waals surface area contributed by atoms with Crippen LogP contribution in [0.1, 0.15) is 30.8 Å². The third-order valence-corrected chi connectivity index (χ3v) is 3.76. The third-order valence-electron chi connectivity index (χ3n) is 3.47. The average Bonchev–Trinajstić information content (AvgIpc) is 2.56. The molecule has 10 heteroatoms. The van der Waals surface area contributed by atoms with Crippen LogP contribution in [0, 0.1) is 0 Å². The van der Waals surface area contributed by atoms with Crippen molar-refractivity contribution in [1.29, 1.82) is 0 Å². The summed E-state index contributed by atoms with van der Waals surface area (Å²) in [6, 6.07) is 2.97. The Kier molecular flexibility index (Phi) is 6.06. The lowest BCUT2D eigenvalue weighted by Gasteiger charge is -2.15. The molecule has 0 saturated carbocycles. The molecule has 1 aromatic carbocycles. The SMILES string of the molecule is CC(C)Oc1ccc2c(Cl)nc(C(=O)N[C@@H](CC(=O)O)C(=O)O)c(O)c2c1. The first kappa shape index (κ1) is 20.2. The van der Waals surface area contributed by atoms with Crippen LogP contribution in [0.25, 0.3) is 10.8 Å². The predicted molar refractivity (Wildman–Crippen MR) is 95.3 cm³/mol. The highest BCUT2D eigenvalue weighted by Gasteiger charge is 2.26. The van der Waals surface area contributed by atoms with Crippen molar-refractivity contribution >= 4 is 40.2 Å². The molecular weight excluding hydrogens is 380 g/mol. The Morgan fingerprint density at radius 2 is 1.89 bits per heavy atom. The van der Waals surface area contributed by atoms with Gasteiger partial charge in [-0.15, -0.1) is 0 Å². The molecule has 0 unspecified atom stereocenters. The minimum Gasteiger partial charge on any atom is -0.505 e. The van der Waals surface area contributed by atoms with Gasteiger partial charge in [-0.3, -0.25) is 9.59 Å². The lowest BCUT2D eigenvalue weighted by atomic mass is 10.1. The van der Waals surface area contributed by atoms with Gasteiger partial charge in [-0.25, -0.2) is 9.78 Å². The van der Waals surface area contributed by atoms with Crippen molar-refractivity contribution in [2.24, 2.45) is 0 Å². The van der Waals surface area contributed by atoms with Gasteiger partial charge in [-0.05, 0) is 32.0 Å². The topological polar surface area (TPSA) is 146 Å². The van der Waals surface area contributed by atoms with Crippen LogP contribution in [-0.2, 0) is 9.59 Å². The first-order chi connectivity index (χ1) is 12.6. The second-order valence-electron chi connectivity index (χ2n) is 5.94. The van der Waals surface area contributed by atoms with Crippen molar-refractivity contribution in [1.82, 2.24) is 10.3 Å². The maximum atomic E-state index is 12.3. The number of carbonyl (C=O) groups excluding carboxylic acids is 1. The quantitative estimate of drug-likeness (QED) is 0.520. The summed E-state index contributed by atoms with van der Waals surface area (Å²) in [7, 11) is 0.